The molecule has 1 aliphatic carbocycles. The van der Waals surface area contributed by atoms with Crippen LogP contribution < -0.4 is 4.74 Å². The van der Waals surface area contributed by atoms with Gasteiger partial charge in [0.15, 0.2) is 17.3 Å². The number of ketones is 1. The Bertz CT molecular complexity index is 452. The maximum Gasteiger partial charge on any atom is 0.165 e. The van der Waals surface area contributed by atoms with Crippen molar-refractivity contribution in [2.24, 2.45) is 0 Å². The van der Waals surface area contributed by atoms with E-state index in [9.17, 15) is 9.18 Å². The molecule has 0 N–H and O–H groups in total. The summed E-state index contributed by atoms with van der Waals surface area (Å²) in [7, 11) is 0. The first-order valence-corrected chi connectivity index (χ1v) is 5.80. The Morgan fingerprint density at radius 1 is 1.47 bits per heavy atom. The van der Waals surface area contributed by atoms with Gasteiger partial charge in [-0.05, 0) is 50.5 Å². The van der Waals surface area contributed by atoms with Gasteiger partial charge in [-0.3, -0.25) is 4.79 Å². The van der Waals surface area contributed by atoms with Gasteiger partial charge in [-0.15, -0.1) is 0 Å². The van der Waals surface area contributed by atoms with E-state index in [1.807, 2.05) is 6.08 Å². The molecule has 2 rings (SSSR count). The lowest BCUT2D eigenvalue weighted by molar-refractivity contribution is 0.101. The van der Waals surface area contributed by atoms with Crippen LogP contribution in [0, 0.1) is 5.82 Å². The number of carbonyl (C=O) groups is 1. The van der Waals surface area contributed by atoms with E-state index in [2.05, 4.69) is 6.08 Å². The first-order chi connectivity index (χ1) is 8.16. The van der Waals surface area contributed by atoms with E-state index in [0.717, 1.165) is 19.3 Å². The zero-order valence-electron chi connectivity index (χ0n) is 9.78. The molecule has 0 bridgehead atoms. The van der Waals surface area contributed by atoms with Crippen molar-refractivity contribution in [1.82, 2.24) is 0 Å². The van der Waals surface area contributed by atoms with Crippen LogP contribution in [0.5, 0.6) is 5.75 Å². The van der Waals surface area contributed by atoms with Gasteiger partial charge >= 0.3 is 0 Å². The summed E-state index contributed by atoms with van der Waals surface area (Å²) in [6, 6.07) is 4.34. The molecule has 0 spiro atoms. The molecule has 1 aromatic carbocycles. The highest BCUT2D eigenvalue weighted by Crippen LogP contribution is 2.23. The third-order valence-electron chi connectivity index (χ3n) is 2.83. The largest absolute Gasteiger partial charge is 0.483 e. The van der Waals surface area contributed by atoms with Crippen LogP contribution in [0.3, 0.4) is 0 Å². The smallest absolute Gasteiger partial charge is 0.165 e. The van der Waals surface area contributed by atoms with E-state index in [1.54, 1.807) is 6.07 Å². The van der Waals surface area contributed by atoms with E-state index in [-0.39, 0.29) is 17.6 Å². The minimum absolute atomic E-state index is 0.0542. The fourth-order valence-electron chi connectivity index (χ4n) is 1.86. The van der Waals surface area contributed by atoms with Crippen LogP contribution in [-0.2, 0) is 0 Å². The molecule has 1 atom stereocenters. The summed E-state index contributed by atoms with van der Waals surface area (Å²) in [5.41, 5.74) is 0.369. The summed E-state index contributed by atoms with van der Waals surface area (Å²) in [5.74, 6) is -0.406. The molecular formula is C14H15FO2. The summed E-state index contributed by atoms with van der Waals surface area (Å²) >= 11 is 0. The predicted octanol–water partition coefficient (Wildman–Crippen LogP) is 3.52. The van der Waals surface area contributed by atoms with Crippen molar-refractivity contribution < 1.29 is 13.9 Å². The predicted molar refractivity (Wildman–Crippen MR) is 63.8 cm³/mol. The summed E-state index contributed by atoms with van der Waals surface area (Å²) < 4.78 is 19.2. The van der Waals surface area contributed by atoms with Crippen LogP contribution in [0.1, 0.15) is 36.5 Å². The van der Waals surface area contributed by atoms with Gasteiger partial charge in [0, 0.05) is 5.56 Å². The average Bonchev–Trinajstić information content (AvgIpc) is 2.33. The molecule has 1 unspecified atom stereocenters. The van der Waals surface area contributed by atoms with Crippen molar-refractivity contribution in [1.29, 1.82) is 0 Å². The van der Waals surface area contributed by atoms with Gasteiger partial charge in [0.05, 0.1) is 0 Å². The van der Waals surface area contributed by atoms with Gasteiger partial charge in [0.2, 0.25) is 0 Å². The van der Waals surface area contributed by atoms with Gasteiger partial charge < -0.3 is 4.74 Å². The van der Waals surface area contributed by atoms with E-state index in [0.29, 0.717) is 5.56 Å². The van der Waals surface area contributed by atoms with Crippen molar-refractivity contribution in [3.8, 4) is 5.75 Å². The molecule has 0 radical (unpaired) electrons. The number of Topliss-reactive ketones (excluding diaryl/α,β-unsaturated/α-hetero) is 1. The lowest BCUT2D eigenvalue weighted by Gasteiger charge is -2.18. The molecular weight excluding hydrogens is 219 g/mol. The second-order valence-electron chi connectivity index (χ2n) is 4.22. The molecule has 90 valence electrons. The minimum Gasteiger partial charge on any atom is -0.483 e. The topological polar surface area (TPSA) is 26.3 Å². The summed E-state index contributed by atoms with van der Waals surface area (Å²) in [5, 5.41) is 0. The van der Waals surface area contributed by atoms with Crippen molar-refractivity contribution in [3.05, 3.63) is 41.7 Å². The third-order valence-corrected chi connectivity index (χ3v) is 2.83. The molecule has 0 fully saturated rings. The molecule has 0 saturated heterocycles. The van der Waals surface area contributed by atoms with E-state index in [4.69, 9.17) is 4.74 Å². The number of ether oxygens (including phenoxy) is 1. The Morgan fingerprint density at radius 3 is 2.88 bits per heavy atom. The molecule has 17 heavy (non-hydrogen) atoms. The molecule has 0 heterocycles. The molecule has 0 aromatic heterocycles. The summed E-state index contributed by atoms with van der Waals surface area (Å²) in [4.78, 5) is 11.1. The van der Waals surface area contributed by atoms with E-state index in [1.165, 1.54) is 19.1 Å². The summed E-state index contributed by atoms with van der Waals surface area (Å²) in [6.45, 7) is 1.42. The third kappa shape index (κ3) is 2.93. The monoisotopic (exact) mass is 234 g/mol. The highest BCUT2D eigenvalue weighted by Gasteiger charge is 2.13. The first kappa shape index (κ1) is 11.8. The summed E-state index contributed by atoms with van der Waals surface area (Å²) in [6.07, 6.45) is 6.99. The van der Waals surface area contributed by atoms with Crippen LogP contribution in [0.25, 0.3) is 0 Å². The zero-order chi connectivity index (χ0) is 12.3. The van der Waals surface area contributed by atoms with Crippen molar-refractivity contribution in [2.45, 2.75) is 32.3 Å². The Kier molecular flexibility index (Phi) is 3.57. The number of halogens is 1. The second kappa shape index (κ2) is 5.13. The van der Waals surface area contributed by atoms with Crippen molar-refractivity contribution in [3.63, 3.8) is 0 Å². The number of allylic oxidation sites excluding steroid dienone is 1. The number of carbonyl (C=O) groups excluding carboxylic acids is 1. The molecule has 3 heteroatoms. The van der Waals surface area contributed by atoms with Gasteiger partial charge in [-0.1, -0.05) is 6.08 Å². The quantitative estimate of drug-likeness (QED) is 0.591. The maximum atomic E-state index is 13.7. The molecule has 1 aromatic rings. The Labute approximate surface area is 100 Å². The first-order valence-electron chi connectivity index (χ1n) is 5.80. The minimum atomic E-state index is -0.475. The molecule has 2 nitrogen and oxygen atoms in total. The van der Waals surface area contributed by atoms with Gasteiger partial charge in [-0.2, -0.15) is 0 Å². The fraction of sp³-hybridized carbons (Fsp3) is 0.357. The average molecular weight is 234 g/mol. The van der Waals surface area contributed by atoms with Gasteiger partial charge in [0.25, 0.3) is 0 Å². The van der Waals surface area contributed by atoms with Crippen LogP contribution >= 0.6 is 0 Å². The van der Waals surface area contributed by atoms with Crippen molar-refractivity contribution >= 4 is 5.78 Å². The Morgan fingerprint density at radius 2 is 2.29 bits per heavy atom. The SMILES string of the molecule is CC(=O)c1ccc(OC2C=CCCC2)c(F)c1. The van der Waals surface area contributed by atoms with Gasteiger partial charge in [-0.25, -0.2) is 4.39 Å². The van der Waals surface area contributed by atoms with Crippen LogP contribution in [-0.4, -0.2) is 11.9 Å². The van der Waals surface area contributed by atoms with Crippen molar-refractivity contribution in [2.75, 3.05) is 0 Å². The fourth-order valence-corrected chi connectivity index (χ4v) is 1.86. The zero-order valence-corrected chi connectivity index (χ0v) is 9.78. The number of hydrogen-bond donors (Lipinski definition) is 0. The molecule has 0 amide bonds. The second-order valence-corrected chi connectivity index (χ2v) is 4.22. The highest BCUT2D eigenvalue weighted by molar-refractivity contribution is 5.94. The highest BCUT2D eigenvalue weighted by atomic mass is 19.1. The number of hydrogen-bond acceptors (Lipinski definition) is 2. The van der Waals surface area contributed by atoms with E-state index < -0.39 is 5.82 Å². The van der Waals surface area contributed by atoms with Crippen LogP contribution in [0.4, 0.5) is 4.39 Å². The number of benzene rings is 1. The number of rotatable bonds is 3. The van der Waals surface area contributed by atoms with E-state index >= 15 is 0 Å². The van der Waals surface area contributed by atoms with Gasteiger partial charge in [0.1, 0.15) is 6.10 Å². The molecule has 0 aliphatic heterocycles. The standard InChI is InChI=1S/C14H15FO2/c1-10(16)11-7-8-14(13(15)9-11)17-12-5-3-2-4-6-12/h3,5,7-9,12H,2,4,6H2,1H3. The normalized spacial score (nSPS) is 19.1. The van der Waals surface area contributed by atoms with Crippen LogP contribution in [0.2, 0.25) is 0 Å². The lowest BCUT2D eigenvalue weighted by Crippen LogP contribution is -2.16. The molecule has 0 saturated carbocycles. The Hall–Kier alpha value is -1.64. The lowest BCUT2D eigenvalue weighted by atomic mass is 10.1. The molecule has 1 aliphatic rings. The maximum absolute atomic E-state index is 13.7. The van der Waals surface area contributed by atoms with Crippen LogP contribution in [0.15, 0.2) is 30.4 Å². The Balaban J connectivity index is 2.13.